The van der Waals surface area contributed by atoms with Gasteiger partial charge in [0.1, 0.15) is 0 Å². The van der Waals surface area contributed by atoms with Crippen molar-refractivity contribution in [2.45, 2.75) is 0 Å². The van der Waals surface area contributed by atoms with E-state index in [9.17, 15) is 0 Å². The molecule has 1 aromatic heterocycles. The van der Waals surface area contributed by atoms with Crippen molar-refractivity contribution >= 4 is 6.08 Å². The van der Waals surface area contributed by atoms with Crippen LogP contribution in [0.4, 0.5) is 0 Å². The molecular weight excluding hydrogens is 118 g/mol. The summed E-state index contributed by atoms with van der Waals surface area (Å²) in [7, 11) is 0. The Kier molecular flexibility index (Phi) is 1.92. The summed E-state index contributed by atoms with van der Waals surface area (Å²) in [5.74, 6) is 0.556. The zero-order chi connectivity index (χ0) is 6.53. The third kappa shape index (κ3) is 1.61. The molecule has 3 N–H and O–H groups in total. The molecule has 0 spiro atoms. The summed E-state index contributed by atoms with van der Waals surface area (Å²) < 4.78 is 0. The summed E-state index contributed by atoms with van der Waals surface area (Å²) in [4.78, 5) is 0. The van der Waals surface area contributed by atoms with Crippen molar-refractivity contribution < 1.29 is 0 Å². The third-order valence-electron chi connectivity index (χ3n) is 0.765. The molecular formula is C4H7N5. The quantitative estimate of drug-likeness (QED) is 0.540. The van der Waals surface area contributed by atoms with Crippen LogP contribution in [-0.4, -0.2) is 27.2 Å². The largest absolute Gasteiger partial charge is 0.327 e. The second-order valence-electron chi connectivity index (χ2n) is 1.41. The van der Waals surface area contributed by atoms with Crippen molar-refractivity contribution in [1.82, 2.24) is 20.6 Å². The van der Waals surface area contributed by atoms with E-state index >= 15 is 0 Å². The van der Waals surface area contributed by atoms with Gasteiger partial charge in [0.2, 0.25) is 0 Å². The summed E-state index contributed by atoms with van der Waals surface area (Å²) in [5, 5.41) is 13.0. The summed E-state index contributed by atoms with van der Waals surface area (Å²) >= 11 is 0. The number of aromatic nitrogens is 4. The van der Waals surface area contributed by atoms with Gasteiger partial charge in [-0.2, -0.15) is 5.21 Å². The van der Waals surface area contributed by atoms with E-state index in [4.69, 9.17) is 5.73 Å². The van der Waals surface area contributed by atoms with Crippen LogP contribution in [0.15, 0.2) is 6.08 Å². The van der Waals surface area contributed by atoms with Crippen LogP contribution in [0.1, 0.15) is 5.82 Å². The summed E-state index contributed by atoms with van der Waals surface area (Å²) in [6.07, 6.45) is 3.45. The Morgan fingerprint density at radius 3 is 3.11 bits per heavy atom. The van der Waals surface area contributed by atoms with E-state index in [0.29, 0.717) is 12.4 Å². The maximum atomic E-state index is 5.17. The van der Waals surface area contributed by atoms with Crippen LogP contribution in [-0.2, 0) is 0 Å². The van der Waals surface area contributed by atoms with E-state index in [1.54, 1.807) is 12.2 Å². The first-order valence-electron chi connectivity index (χ1n) is 2.53. The molecule has 0 aliphatic heterocycles. The number of nitrogens with two attached hydrogens (primary N) is 1. The van der Waals surface area contributed by atoms with Crippen molar-refractivity contribution in [2.75, 3.05) is 6.54 Å². The number of nitrogens with one attached hydrogen (secondary N) is 1. The van der Waals surface area contributed by atoms with Gasteiger partial charge in [0.05, 0.1) is 0 Å². The fourth-order valence-corrected chi connectivity index (χ4v) is 0.414. The molecule has 0 fully saturated rings. The first-order valence-corrected chi connectivity index (χ1v) is 2.53. The Morgan fingerprint density at radius 1 is 1.67 bits per heavy atom. The lowest BCUT2D eigenvalue weighted by atomic mass is 10.5. The van der Waals surface area contributed by atoms with E-state index < -0.39 is 0 Å². The lowest BCUT2D eigenvalue weighted by molar-refractivity contribution is 0.881. The molecule has 0 aliphatic rings. The van der Waals surface area contributed by atoms with Crippen LogP contribution < -0.4 is 5.73 Å². The molecule has 9 heavy (non-hydrogen) atoms. The number of hydrogen-bond donors (Lipinski definition) is 2. The molecule has 0 atom stereocenters. The minimum Gasteiger partial charge on any atom is -0.327 e. The van der Waals surface area contributed by atoms with Crippen LogP contribution in [0.25, 0.3) is 6.08 Å². The van der Waals surface area contributed by atoms with Crippen LogP contribution >= 0.6 is 0 Å². The third-order valence-corrected chi connectivity index (χ3v) is 0.765. The highest BCUT2D eigenvalue weighted by molar-refractivity contribution is 5.37. The Morgan fingerprint density at radius 2 is 2.56 bits per heavy atom. The Balaban J connectivity index is 2.57. The highest BCUT2D eigenvalue weighted by atomic mass is 15.5. The van der Waals surface area contributed by atoms with Gasteiger partial charge in [-0.25, -0.2) is 0 Å². The molecule has 0 saturated carbocycles. The average molecular weight is 125 g/mol. The number of hydrogen-bond acceptors (Lipinski definition) is 4. The fourth-order valence-electron chi connectivity index (χ4n) is 0.414. The maximum absolute atomic E-state index is 5.17. The van der Waals surface area contributed by atoms with Gasteiger partial charge in [-0.3, -0.25) is 0 Å². The molecule has 0 radical (unpaired) electrons. The predicted octanol–water partition coefficient (Wildman–Crippen LogP) is -0.828. The highest BCUT2D eigenvalue weighted by Gasteiger charge is 1.85. The van der Waals surface area contributed by atoms with Crippen molar-refractivity contribution in [1.29, 1.82) is 0 Å². The standard InChI is InChI=1S/C4H7N5/c5-3-1-2-4-6-8-9-7-4/h1-2H,3,5H2,(H,6,7,8,9)/b2-1+. The van der Waals surface area contributed by atoms with Crippen LogP contribution in [0.5, 0.6) is 0 Å². The van der Waals surface area contributed by atoms with Crippen LogP contribution in [0.3, 0.4) is 0 Å². The normalized spacial score (nSPS) is 10.8. The molecule has 5 nitrogen and oxygen atoms in total. The smallest absolute Gasteiger partial charge is 0.197 e. The summed E-state index contributed by atoms with van der Waals surface area (Å²) in [6, 6.07) is 0. The zero-order valence-electron chi connectivity index (χ0n) is 4.78. The van der Waals surface area contributed by atoms with Crippen molar-refractivity contribution in [3.63, 3.8) is 0 Å². The van der Waals surface area contributed by atoms with Crippen molar-refractivity contribution in [2.24, 2.45) is 5.73 Å². The van der Waals surface area contributed by atoms with Gasteiger partial charge in [-0.15, -0.1) is 10.2 Å². The van der Waals surface area contributed by atoms with Crippen molar-refractivity contribution in [3.05, 3.63) is 11.9 Å². The second-order valence-corrected chi connectivity index (χ2v) is 1.41. The first kappa shape index (κ1) is 5.90. The molecule has 0 aromatic carbocycles. The first-order chi connectivity index (χ1) is 4.43. The van der Waals surface area contributed by atoms with E-state index in [1.807, 2.05) is 0 Å². The Hall–Kier alpha value is -1.23. The molecule has 1 heterocycles. The molecule has 0 aliphatic carbocycles. The molecule has 0 saturated heterocycles. The minimum absolute atomic E-state index is 0.495. The van der Waals surface area contributed by atoms with Gasteiger partial charge in [-0.05, 0) is 11.3 Å². The highest BCUT2D eigenvalue weighted by Crippen LogP contribution is 1.84. The topological polar surface area (TPSA) is 80.5 Å². The molecule has 1 aromatic rings. The van der Waals surface area contributed by atoms with Gasteiger partial charge in [0.25, 0.3) is 0 Å². The summed E-state index contributed by atoms with van der Waals surface area (Å²) in [5.41, 5.74) is 5.17. The van der Waals surface area contributed by atoms with Gasteiger partial charge in [0.15, 0.2) is 5.82 Å². The van der Waals surface area contributed by atoms with Crippen molar-refractivity contribution in [3.8, 4) is 0 Å². The fraction of sp³-hybridized carbons (Fsp3) is 0.250. The Bertz CT molecular complexity index is 177. The second kappa shape index (κ2) is 2.93. The van der Waals surface area contributed by atoms with E-state index in [2.05, 4.69) is 20.6 Å². The summed E-state index contributed by atoms with van der Waals surface area (Å²) in [6.45, 7) is 0.495. The maximum Gasteiger partial charge on any atom is 0.197 e. The van der Waals surface area contributed by atoms with Gasteiger partial charge in [-0.1, -0.05) is 6.08 Å². The minimum atomic E-state index is 0.495. The number of tetrazole rings is 1. The molecule has 1 rings (SSSR count). The van der Waals surface area contributed by atoms with Crippen LogP contribution in [0, 0.1) is 0 Å². The molecule has 0 amide bonds. The lowest BCUT2D eigenvalue weighted by Crippen LogP contribution is -1.92. The number of nitrogens with zero attached hydrogens (tertiary/aromatic N) is 3. The number of aromatic amines is 1. The van der Waals surface area contributed by atoms with Gasteiger partial charge < -0.3 is 5.73 Å². The molecule has 0 unspecified atom stereocenters. The van der Waals surface area contributed by atoms with Gasteiger partial charge >= 0.3 is 0 Å². The van der Waals surface area contributed by atoms with E-state index in [0.717, 1.165) is 0 Å². The van der Waals surface area contributed by atoms with Crippen LogP contribution in [0.2, 0.25) is 0 Å². The van der Waals surface area contributed by atoms with E-state index in [1.165, 1.54) is 0 Å². The molecule has 0 bridgehead atoms. The van der Waals surface area contributed by atoms with E-state index in [-0.39, 0.29) is 0 Å². The van der Waals surface area contributed by atoms with Gasteiger partial charge in [0, 0.05) is 6.54 Å². The SMILES string of the molecule is NC/C=C/c1nn[nH]n1. The lowest BCUT2D eigenvalue weighted by Gasteiger charge is -1.75. The molecule has 48 valence electrons. The molecule has 5 heteroatoms. The zero-order valence-corrected chi connectivity index (χ0v) is 4.78. The monoisotopic (exact) mass is 125 g/mol. The Labute approximate surface area is 51.9 Å². The average Bonchev–Trinajstić information content (AvgIpc) is 2.34. The number of H-pyrrole nitrogens is 1. The number of rotatable bonds is 2. The predicted molar refractivity (Wildman–Crippen MR) is 32.3 cm³/mol.